The third kappa shape index (κ3) is 3.06. The van der Waals surface area contributed by atoms with Crippen molar-refractivity contribution < 1.29 is 4.79 Å². The molecule has 1 aromatic rings. The van der Waals surface area contributed by atoms with Crippen molar-refractivity contribution in [3.05, 3.63) is 23.4 Å². The Bertz CT molecular complexity index is 460. The average molecular weight is 261 g/mol. The van der Waals surface area contributed by atoms with Crippen LogP contribution in [0.1, 0.15) is 43.2 Å². The van der Waals surface area contributed by atoms with Crippen LogP contribution >= 0.6 is 0 Å². The van der Waals surface area contributed by atoms with Crippen LogP contribution in [-0.2, 0) is 6.42 Å². The van der Waals surface area contributed by atoms with Crippen molar-refractivity contribution in [2.45, 2.75) is 33.6 Å². The number of aromatic nitrogens is 1. The molecule has 1 aliphatic rings. The summed E-state index contributed by atoms with van der Waals surface area (Å²) in [5.41, 5.74) is 1.94. The summed E-state index contributed by atoms with van der Waals surface area (Å²) < 4.78 is 0. The Morgan fingerprint density at radius 1 is 1.47 bits per heavy atom. The van der Waals surface area contributed by atoms with Crippen LogP contribution in [0.25, 0.3) is 0 Å². The van der Waals surface area contributed by atoms with Crippen LogP contribution in [-0.4, -0.2) is 35.9 Å². The van der Waals surface area contributed by atoms with Crippen molar-refractivity contribution in [3.63, 3.8) is 0 Å². The zero-order chi connectivity index (χ0) is 14.0. The molecule has 1 N–H and O–H groups in total. The summed E-state index contributed by atoms with van der Waals surface area (Å²) in [7, 11) is 1.83. The number of pyridine rings is 1. The highest BCUT2D eigenvalue weighted by molar-refractivity contribution is 5.95. The molecule has 4 nitrogen and oxygen atoms in total. The highest BCUT2D eigenvalue weighted by Crippen LogP contribution is 2.30. The first-order chi connectivity index (χ1) is 8.95. The van der Waals surface area contributed by atoms with Gasteiger partial charge in [-0.3, -0.25) is 4.79 Å². The van der Waals surface area contributed by atoms with Crippen molar-refractivity contribution >= 4 is 11.7 Å². The Labute approximate surface area is 115 Å². The quantitative estimate of drug-likeness (QED) is 0.909. The first-order valence-electron chi connectivity index (χ1n) is 6.93. The zero-order valence-electron chi connectivity index (χ0n) is 12.3. The maximum absolute atomic E-state index is 12.5. The molecule has 0 unspecified atom stereocenters. The number of rotatable bonds is 3. The largest absolute Gasteiger partial charge is 0.373 e. The molecule has 0 aromatic carbocycles. The Hall–Kier alpha value is -1.58. The van der Waals surface area contributed by atoms with E-state index in [0.29, 0.717) is 0 Å². The molecule has 0 atom stereocenters. The lowest BCUT2D eigenvalue weighted by Gasteiger charge is -2.20. The van der Waals surface area contributed by atoms with Gasteiger partial charge in [-0.05, 0) is 30.4 Å². The van der Waals surface area contributed by atoms with Gasteiger partial charge < -0.3 is 10.2 Å². The first-order valence-corrected chi connectivity index (χ1v) is 6.93. The molecule has 1 aliphatic heterocycles. The van der Waals surface area contributed by atoms with E-state index in [4.69, 9.17) is 0 Å². The van der Waals surface area contributed by atoms with E-state index in [-0.39, 0.29) is 11.3 Å². The lowest BCUT2D eigenvalue weighted by molar-refractivity contribution is 0.0778. The predicted octanol–water partition coefficient (Wildman–Crippen LogP) is 2.56. The van der Waals surface area contributed by atoms with Crippen molar-refractivity contribution in [1.29, 1.82) is 0 Å². The fourth-order valence-electron chi connectivity index (χ4n) is 2.49. The van der Waals surface area contributed by atoms with E-state index < -0.39 is 0 Å². The van der Waals surface area contributed by atoms with Gasteiger partial charge in [0.25, 0.3) is 5.91 Å². The SMILES string of the molecule is CCc1cc(C(=O)N2CCC(C)(C)C2)cc(NC)n1. The minimum absolute atomic E-state index is 0.124. The minimum Gasteiger partial charge on any atom is -0.373 e. The summed E-state index contributed by atoms with van der Waals surface area (Å²) in [4.78, 5) is 18.9. The topological polar surface area (TPSA) is 45.2 Å². The zero-order valence-corrected chi connectivity index (χ0v) is 12.3. The molecule has 104 valence electrons. The van der Waals surface area contributed by atoms with Crippen molar-refractivity contribution in [1.82, 2.24) is 9.88 Å². The Kier molecular flexibility index (Phi) is 3.78. The van der Waals surface area contributed by atoms with Crippen LogP contribution in [0.15, 0.2) is 12.1 Å². The van der Waals surface area contributed by atoms with Crippen LogP contribution in [0.3, 0.4) is 0 Å². The monoisotopic (exact) mass is 261 g/mol. The molecule has 0 radical (unpaired) electrons. The number of carbonyl (C=O) groups excluding carboxylic acids is 1. The molecule has 2 heterocycles. The predicted molar refractivity (Wildman–Crippen MR) is 77.5 cm³/mol. The summed E-state index contributed by atoms with van der Waals surface area (Å²) in [6.45, 7) is 8.16. The summed E-state index contributed by atoms with van der Waals surface area (Å²) in [6.07, 6.45) is 1.91. The molecule has 2 rings (SSSR count). The maximum atomic E-state index is 12.5. The van der Waals surface area contributed by atoms with Gasteiger partial charge in [-0.15, -0.1) is 0 Å². The van der Waals surface area contributed by atoms with Gasteiger partial charge in [-0.25, -0.2) is 4.98 Å². The van der Waals surface area contributed by atoms with E-state index in [1.54, 1.807) is 0 Å². The van der Waals surface area contributed by atoms with Crippen molar-refractivity contribution in [3.8, 4) is 0 Å². The van der Waals surface area contributed by atoms with E-state index in [1.807, 2.05) is 24.1 Å². The average Bonchev–Trinajstić information content (AvgIpc) is 2.77. The maximum Gasteiger partial charge on any atom is 0.254 e. The van der Waals surface area contributed by atoms with Crippen LogP contribution in [0.4, 0.5) is 5.82 Å². The number of aryl methyl sites for hydroxylation is 1. The fourth-order valence-corrected chi connectivity index (χ4v) is 2.49. The lowest BCUT2D eigenvalue weighted by Crippen LogP contribution is -2.30. The van der Waals surface area contributed by atoms with E-state index in [2.05, 4.69) is 31.1 Å². The third-order valence-corrected chi connectivity index (χ3v) is 3.71. The Morgan fingerprint density at radius 2 is 2.21 bits per heavy atom. The molecule has 1 amide bonds. The first kappa shape index (κ1) is 13.8. The number of nitrogens with zero attached hydrogens (tertiary/aromatic N) is 2. The van der Waals surface area contributed by atoms with E-state index in [1.165, 1.54) is 0 Å². The van der Waals surface area contributed by atoms with Gasteiger partial charge in [0, 0.05) is 31.4 Å². The van der Waals surface area contributed by atoms with Crippen molar-refractivity contribution in [2.24, 2.45) is 5.41 Å². The third-order valence-electron chi connectivity index (χ3n) is 3.71. The van der Waals surface area contributed by atoms with Gasteiger partial charge in [0.2, 0.25) is 0 Å². The van der Waals surface area contributed by atoms with Gasteiger partial charge >= 0.3 is 0 Å². The van der Waals surface area contributed by atoms with E-state index >= 15 is 0 Å². The van der Waals surface area contributed by atoms with Gasteiger partial charge in [-0.2, -0.15) is 0 Å². The molecule has 1 aromatic heterocycles. The number of hydrogen-bond donors (Lipinski definition) is 1. The molecule has 0 spiro atoms. The molecule has 19 heavy (non-hydrogen) atoms. The van der Waals surface area contributed by atoms with Gasteiger partial charge in [0.1, 0.15) is 5.82 Å². The number of anilines is 1. The van der Waals surface area contributed by atoms with Gasteiger partial charge in [0.05, 0.1) is 0 Å². The molecule has 0 saturated carbocycles. The second-order valence-corrected chi connectivity index (χ2v) is 5.98. The lowest BCUT2D eigenvalue weighted by atomic mass is 9.93. The molecule has 0 aliphatic carbocycles. The van der Waals surface area contributed by atoms with Crippen LogP contribution in [0.5, 0.6) is 0 Å². The van der Waals surface area contributed by atoms with Gasteiger partial charge in [-0.1, -0.05) is 20.8 Å². The van der Waals surface area contributed by atoms with Crippen molar-refractivity contribution in [2.75, 3.05) is 25.5 Å². The van der Waals surface area contributed by atoms with Crippen LogP contribution in [0.2, 0.25) is 0 Å². The summed E-state index contributed by atoms with van der Waals surface area (Å²) in [5.74, 6) is 0.889. The summed E-state index contributed by atoms with van der Waals surface area (Å²) in [5, 5.41) is 3.02. The molecular weight excluding hydrogens is 238 g/mol. The van der Waals surface area contributed by atoms with Gasteiger partial charge in [0.15, 0.2) is 0 Å². The van der Waals surface area contributed by atoms with Crippen LogP contribution < -0.4 is 5.32 Å². The molecular formula is C15H23N3O. The summed E-state index contributed by atoms with van der Waals surface area (Å²) in [6, 6.07) is 3.75. The number of carbonyl (C=O) groups is 1. The smallest absolute Gasteiger partial charge is 0.254 e. The minimum atomic E-state index is 0.124. The second-order valence-electron chi connectivity index (χ2n) is 5.98. The Balaban J connectivity index is 2.24. The number of likely N-dealkylation sites (tertiary alicyclic amines) is 1. The normalized spacial score (nSPS) is 17.6. The fraction of sp³-hybridized carbons (Fsp3) is 0.600. The number of hydrogen-bond acceptors (Lipinski definition) is 3. The number of amides is 1. The Morgan fingerprint density at radius 3 is 2.74 bits per heavy atom. The summed E-state index contributed by atoms with van der Waals surface area (Å²) >= 11 is 0. The molecule has 0 bridgehead atoms. The molecule has 1 saturated heterocycles. The highest BCUT2D eigenvalue weighted by Gasteiger charge is 2.32. The van der Waals surface area contributed by atoms with E-state index in [9.17, 15) is 4.79 Å². The molecule has 1 fully saturated rings. The van der Waals surface area contributed by atoms with Crippen LogP contribution in [0, 0.1) is 5.41 Å². The van der Waals surface area contributed by atoms with E-state index in [0.717, 1.165) is 43.0 Å². The number of nitrogens with one attached hydrogen (secondary N) is 1. The second kappa shape index (κ2) is 5.19. The highest BCUT2D eigenvalue weighted by atomic mass is 16.2. The molecule has 4 heteroatoms. The standard InChI is InChI=1S/C15H23N3O/c1-5-12-8-11(9-13(16-4)17-12)14(19)18-7-6-15(2,3)10-18/h8-9H,5-7,10H2,1-4H3,(H,16,17).